The Morgan fingerprint density at radius 1 is 1.20 bits per heavy atom. The zero-order valence-corrected chi connectivity index (χ0v) is 14.4. The first-order chi connectivity index (χ1) is 9.67. The van der Waals surface area contributed by atoms with Crippen LogP contribution >= 0.6 is 34.2 Å². The third kappa shape index (κ3) is 3.41. The molecule has 0 amide bonds. The van der Waals surface area contributed by atoms with E-state index in [1.807, 2.05) is 31.2 Å². The molecule has 1 aromatic carbocycles. The Labute approximate surface area is 137 Å². The summed E-state index contributed by atoms with van der Waals surface area (Å²) in [5, 5.41) is 0.505. The molecule has 0 radical (unpaired) electrons. The highest BCUT2D eigenvalue weighted by atomic mass is 127. The van der Waals surface area contributed by atoms with Crippen LogP contribution in [0.2, 0.25) is 5.15 Å². The molecule has 0 unspecified atom stereocenters. The molecule has 106 valence electrons. The standard InChI is InChI=1S/C15H16ClIN2O/c1-3-7-11-13(17)14(16)19-15(18-11)10-8-5-6-9-12(10)20-4-2/h5-6,8-9H,3-4,7H2,1-2H3. The van der Waals surface area contributed by atoms with Crippen molar-refractivity contribution in [3.8, 4) is 17.1 Å². The predicted molar refractivity (Wildman–Crippen MR) is 90.4 cm³/mol. The second-order valence-corrected chi connectivity index (χ2v) is 5.71. The molecule has 0 saturated heterocycles. The van der Waals surface area contributed by atoms with Crippen LogP contribution in [0, 0.1) is 3.57 Å². The molecule has 0 bridgehead atoms. The van der Waals surface area contributed by atoms with Gasteiger partial charge in [-0.2, -0.15) is 0 Å². The van der Waals surface area contributed by atoms with Crippen LogP contribution in [0.3, 0.4) is 0 Å². The monoisotopic (exact) mass is 402 g/mol. The zero-order valence-electron chi connectivity index (χ0n) is 11.5. The van der Waals surface area contributed by atoms with Crippen molar-refractivity contribution >= 4 is 34.2 Å². The first-order valence-electron chi connectivity index (χ1n) is 6.61. The lowest BCUT2D eigenvalue weighted by atomic mass is 10.1. The lowest BCUT2D eigenvalue weighted by Crippen LogP contribution is -2.02. The van der Waals surface area contributed by atoms with Crippen molar-refractivity contribution in [3.05, 3.63) is 38.7 Å². The molecule has 0 saturated carbocycles. The molecule has 0 aliphatic carbocycles. The number of hydrogen-bond acceptors (Lipinski definition) is 3. The second kappa shape index (κ2) is 7.22. The van der Waals surface area contributed by atoms with E-state index < -0.39 is 0 Å². The molecule has 2 aromatic rings. The molecule has 0 spiro atoms. The Balaban J connectivity index is 2.52. The fourth-order valence-corrected chi connectivity index (χ4v) is 2.62. The Hall–Kier alpha value is -0.880. The van der Waals surface area contributed by atoms with Gasteiger partial charge in [0.15, 0.2) is 5.82 Å². The molecule has 1 aromatic heterocycles. The van der Waals surface area contributed by atoms with Crippen molar-refractivity contribution in [3.63, 3.8) is 0 Å². The van der Waals surface area contributed by atoms with E-state index in [2.05, 4.69) is 39.5 Å². The van der Waals surface area contributed by atoms with Crippen LogP contribution in [0.1, 0.15) is 26.0 Å². The van der Waals surface area contributed by atoms with Gasteiger partial charge in [0.2, 0.25) is 0 Å². The predicted octanol–water partition coefficient (Wildman–Crippen LogP) is 4.75. The Bertz CT molecular complexity index is 604. The van der Waals surface area contributed by atoms with Crippen molar-refractivity contribution in [2.45, 2.75) is 26.7 Å². The van der Waals surface area contributed by atoms with Gasteiger partial charge in [0.25, 0.3) is 0 Å². The quantitative estimate of drug-likeness (QED) is 0.534. The maximum atomic E-state index is 6.23. The van der Waals surface area contributed by atoms with Crippen molar-refractivity contribution in [2.24, 2.45) is 0 Å². The van der Waals surface area contributed by atoms with Gasteiger partial charge in [-0.1, -0.05) is 37.1 Å². The second-order valence-electron chi connectivity index (χ2n) is 4.28. The number of hydrogen-bond donors (Lipinski definition) is 0. The first-order valence-corrected chi connectivity index (χ1v) is 8.07. The minimum absolute atomic E-state index is 0.505. The largest absolute Gasteiger partial charge is 0.493 e. The fourth-order valence-electron chi connectivity index (χ4n) is 1.92. The molecule has 0 N–H and O–H groups in total. The number of halogens is 2. The molecule has 0 aliphatic rings. The summed E-state index contributed by atoms with van der Waals surface area (Å²) >= 11 is 8.44. The van der Waals surface area contributed by atoms with Crippen molar-refractivity contribution in [2.75, 3.05) is 6.61 Å². The van der Waals surface area contributed by atoms with Crippen LogP contribution in [-0.2, 0) is 6.42 Å². The maximum Gasteiger partial charge on any atom is 0.164 e. The van der Waals surface area contributed by atoms with Crippen molar-refractivity contribution in [1.82, 2.24) is 9.97 Å². The summed E-state index contributed by atoms with van der Waals surface area (Å²) < 4.78 is 6.57. The van der Waals surface area contributed by atoms with Crippen LogP contribution in [0.5, 0.6) is 5.75 Å². The highest BCUT2D eigenvalue weighted by molar-refractivity contribution is 14.1. The number of ether oxygens (including phenoxy) is 1. The van der Waals surface area contributed by atoms with Crippen LogP contribution < -0.4 is 4.74 Å². The van der Waals surface area contributed by atoms with Crippen LogP contribution in [0.4, 0.5) is 0 Å². The Kier molecular flexibility index (Phi) is 5.60. The molecule has 0 aliphatic heterocycles. The average Bonchev–Trinajstić information content (AvgIpc) is 2.45. The Morgan fingerprint density at radius 2 is 1.95 bits per heavy atom. The number of aromatic nitrogens is 2. The van der Waals surface area contributed by atoms with Gasteiger partial charge >= 0.3 is 0 Å². The summed E-state index contributed by atoms with van der Waals surface area (Å²) in [5.41, 5.74) is 1.87. The van der Waals surface area contributed by atoms with E-state index in [9.17, 15) is 0 Å². The molecule has 20 heavy (non-hydrogen) atoms. The van der Waals surface area contributed by atoms with Gasteiger partial charge in [-0.25, -0.2) is 9.97 Å². The summed E-state index contributed by atoms with van der Waals surface area (Å²) in [7, 11) is 0. The number of nitrogens with zero attached hydrogens (tertiary/aromatic N) is 2. The minimum atomic E-state index is 0.505. The highest BCUT2D eigenvalue weighted by Gasteiger charge is 2.14. The van der Waals surface area contributed by atoms with Gasteiger partial charge in [0.1, 0.15) is 10.9 Å². The lowest BCUT2D eigenvalue weighted by Gasteiger charge is -2.11. The van der Waals surface area contributed by atoms with E-state index >= 15 is 0 Å². The van der Waals surface area contributed by atoms with Gasteiger partial charge in [-0.15, -0.1) is 0 Å². The van der Waals surface area contributed by atoms with Gasteiger partial charge in [0, 0.05) is 0 Å². The van der Waals surface area contributed by atoms with E-state index in [0.29, 0.717) is 17.6 Å². The molecule has 0 atom stereocenters. The van der Waals surface area contributed by atoms with Gasteiger partial charge in [-0.3, -0.25) is 0 Å². The number of benzene rings is 1. The molecule has 0 fully saturated rings. The molecule has 1 heterocycles. The number of rotatable bonds is 5. The Morgan fingerprint density at radius 3 is 2.65 bits per heavy atom. The summed E-state index contributed by atoms with van der Waals surface area (Å²) in [4.78, 5) is 9.05. The van der Waals surface area contributed by atoms with E-state index in [1.165, 1.54) is 0 Å². The number of aryl methyl sites for hydroxylation is 1. The third-order valence-corrected chi connectivity index (χ3v) is 4.52. The lowest BCUT2D eigenvalue weighted by molar-refractivity contribution is 0.341. The molecular weight excluding hydrogens is 387 g/mol. The summed E-state index contributed by atoms with van der Waals surface area (Å²) in [6.07, 6.45) is 1.92. The van der Waals surface area contributed by atoms with Crippen molar-refractivity contribution < 1.29 is 4.74 Å². The molecule has 3 nitrogen and oxygen atoms in total. The summed E-state index contributed by atoms with van der Waals surface area (Å²) in [6, 6.07) is 7.77. The summed E-state index contributed by atoms with van der Waals surface area (Å²) in [5.74, 6) is 1.41. The number of para-hydroxylation sites is 1. The van der Waals surface area contributed by atoms with Crippen LogP contribution in [0.15, 0.2) is 24.3 Å². The van der Waals surface area contributed by atoms with E-state index in [1.54, 1.807) is 0 Å². The molecule has 5 heteroatoms. The smallest absolute Gasteiger partial charge is 0.164 e. The summed E-state index contributed by atoms with van der Waals surface area (Å²) in [6.45, 7) is 4.69. The minimum Gasteiger partial charge on any atom is -0.493 e. The van der Waals surface area contributed by atoms with E-state index in [-0.39, 0.29) is 0 Å². The normalized spacial score (nSPS) is 10.6. The molecule has 2 rings (SSSR count). The fraction of sp³-hybridized carbons (Fsp3) is 0.333. The third-order valence-electron chi connectivity index (χ3n) is 2.79. The first kappa shape index (κ1) is 15.5. The molecular formula is C15H16ClIN2O. The maximum absolute atomic E-state index is 6.23. The zero-order chi connectivity index (χ0) is 14.5. The van der Waals surface area contributed by atoms with Gasteiger partial charge < -0.3 is 4.74 Å². The van der Waals surface area contributed by atoms with Crippen LogP contribution in [-0.4, -0.2) is 16.6 Å². The van der Waals surface area contributed by atoms with Gasteiger partial charge in [0.05, 0.1) is 21.4 Å². The van der Waals surface area contributed by atoms with Gasteiger partial charge in [-0.05, 0) is 48.1 Å². The highest BCUT2D eigenvalue weighted by Crippen LogP contribution is 2.30. The van der Waals surface area contributed by atoms with Crippen LogP contribution in [0.25, 0.3) is 11.4 Å². The van der Waals surface area contributed by atoms with Crippen molar-refractivity contribution in [1.29, 1.82) is 0 Å². The van der Waals surface area contributed by atoms with E-state index in [0.717, 1.165) is 33.4 Å². The topological polar surface area (TPSA) is 35.0 Å². The average molecular weight is 403 g/mol. The van der Waals surface area contributed by atoms with E-state index in [4.69, 9.17) is 16.3 Å². The SMILES string of the molecule is CCCc1nc(-c2ccccc2OCC)nc(Cl)c1I.